The van der Waals surface area contributed by atoms with E-state index in [0.717, 1.165) is 37.2 Å². The van der Waals surface area contributed by atoms with Crippen LogP contribution in [0.3, 0.4) is 0 Å². The molecule has 1 heterocycles. The van der Waals surface area contributed by atoms with Crippen LogP contribution in [-0.2, 0) is 12.8 Å². The first-order chi connectivity index (χ1) is 9.46. The van der Waals surface area contributed by atoms with E-state index in [9.17, 15) is 0 Å². The monoisotopic (exact) mass is 279 g/mol. The molecule has 1 N–H and O–H groups in total. The van der Waals surface area contributed by atoms with Crippen molar-refractivity contribution in [2.75, 3.05) is 26.0 Å². The quantitative estimate of drug-likeness (QED) is 0.792. The van der Waals surface area contributed by atoms with E-state index in [0.29, 0.717) is 17.9 Å². The van der Waals surface area contributed by atoms with Crippen LogP contribution in [0.2, 0.25) is 0 Å². The first kappa shape index (κ1) is 16.8. The summed E-state index contributed by atoms with van der Waals surface area (Å²) in [6.45, 7) is 9.64. The highest BCUT2D eigenvalue weighted by Crippen LogP contribution is 2.12. The van der Waals surface area contributed by atoms with E-state index in [1.54, 1.807) is 0 Å². The predicted molar refractivity (Wildman–Crippen MR) is 84.0 cm³/mol. The molecule has 5 nitrogen and oxygen atoms in total. The largest absolute Gasteiger partial charge is 0.349 e. The molecule has 114 valence electrons. The van der Waals surface area contributed by atoms with Gasteiger partial charge in [0, 0.05) is 12.6 Å². The van der Waals surface area contributed by atoms with Gasteiger partial charge in [0.05, 0.1) is 11.4 Å². The molecule has 0 aliphatic carbocycles. The van der Waals surface area contributed by atoms with Crippen LogP contribution in [0.4, 0.5) is 5.95 Å². The van der Waals surface area contributed by atoms with E-state index in [1.165, 1.54) is 0 Å². The van der Waals surface area contributed by atoms with Gasteiger partial charge in [-0.2, -0.15) is 5.10 Å². The molecule has 1 aromatic rings. The van der Waals surface area contributed by atoms with Crippen LogP contribution in [0.15, 0.2) is 0 Å². The molecule has 0 saturated carbocycles. The zero-order chi connectivity index (χ0) is 15.1. The molecule has 0 amide bonds. The first-order valence-corrected chi connectivity index (χ1v) is 7.59. The zero-order valence-electron chi connectivity index (χ0n) is 13.8. The maximum atomic E-state index is 4.61. The van der Waals surface area contributed by atoms with Crippen molar-refractivity contribution in [3.8, 4) is 0 Å². The van der Waals surface area contributed by atoms with Gasteiger partial charge >= 0.3 is 0 Å². The highest BCUT2D eigenvalue weighted by Gasteiger charge is 2.14. The normalized spacial score (nSPS) is 13.0. The molecule has 0 saturated heterocycles. The van der Waals surface area contributed by atoms with Crippen molar-refractivity contribution >= 4 is 5.95 Å². The predicted octanol–water partition coefficient (Wildman–Crippen LogP) is 2.38. The van der Waals surface area contributed by atoms with Crippen molar-refractivity contribution in [3.05, 3.63) is 11.4 Å². The Morgan fingerprint density at radius 2 is 1.70 bits per heavy atom. The fourth-order valence-corrected chi connectivity index (χ4v) is 2.37. The fourth-order valence-electron chi connectivity index (χ4n) is 2.37. The smallest absolute Gasteiger partial charge is 0.243 e. The second kappa shape index (κ2) is 8.15. The average Bonchev–Trinajstić information content (AvgIpc) is 2.36. The van der Waals surface area contributed by atoms with Crippen molar-refractivity contribution in [1.82, 2.24) is 20.1 Å². The van der Waals surface area contributed by atoms with Gasteiger partial charge in [-0.25, -0.2) is 4.98 Å². The van der Waals surface area contributed by atoms with Gasteiger partial charge < -0.3 is 10.2 Å². The number of likely N-dealkylation sites (N-methyl/N-ethyl adjacent to an activating group) is 1. The molecular formula is C15H29N5. The van der Waals surface area contributed by atoms with Crippen LogP contribution in [-0.4, -0.2) is 46.8 Å². The molecule has 1 rings (SSSR count). The molecule has 0 fully saturated rings. The molecule has 1 unspecified atom stereocenters. The van der Waals surface area contributed by atoms with Gasteiger partial charge in [0.2, 0.25) is 5.95 Å². The third-order valence-electron chi connectivity index (χ3n) is 3.18. The molecule has 1 atom stereocenters. The van der Waals surface area contributed by atoms with E-state index in [2.05, 4.69) is 67.2 Å². The summed E-state index contributed by atoms with van der Waals surface area (Å²) in [6, 6.07) is 0.351. The van der Waals surface area contributed by atoms with E-state index in [-0.39, 0.29) is 0 Å². The number of nitrogens with one attached hydrogen (secondary N) is 1. The molecule has 5 heteroatoms. The molecule has 0 spiro atoms. The molecule has 0 aliphatic rings. The van der Waals surface area contributed by atoms with E-state index in [1.807, 2.05) is 0 Å². The molecule has 0 aromatic carbocycles. The van der Waals surface area contributed by atoms with Gasteiger partial charge in [-0.1, -0.05) is 27.7 Å². The number of anilines is 1. The van der Waals surface area contributed by atoms with Crippen molar-refractivity contribution in [3.63, 3.8) is 0 Å². The van der Waals surface area contributed by atoms with Crippen molar-refractivity contribution in [2.45, 2.75) is 53.0 Å². The standard InChI is InChI=1S/C15H29N5/c1-7-13-14(8-2)18-19-15(17-13)16-12(9-11(3)4)10-20(5)6/h11-12H,7-10H2,1-6H3,(H,16,17,19). The summed E-state index contributed by atoms with van der Waals surface area (Å²) in [7, 11) is 4.18. The maximum absolute atomic E-state index is 4.61. The Labute approximate surface area is 123 Å². The third kappa shape index (κ3) is 5.41. The Bertz CT molecular complexity index is 393. The van der Waals surface area contributed by atoms with Gasteiger partial charge in [0.15, 0.2) is 0 Å². The minimum atomic E-state index is 0.351. The third-order valence-corrected chi connectivity index (χ3v) is 3.18. The molecular weight excluding hydrogens is 250 g/mol. The van der Waals surface area contributed by atoms with Gasteiger partial charge in [-0.05, 0) is 39.3 Å². The minimum Gasteiger partial charge on any atom is -0.349 e. The van der Waals surface area contributed by atoms with Crippen LogP contribution < -0.4 is 5.32 Å². The van der Waals surface area contributed by atoms with E-state index in [4.69, 9.17) is 0 Å². The summed E-state index contributed by atoms with van der Waals surface area (Å²) in [5.41, 5.74) is 2.06. The number of hydrogen-bond acceptors (Lipinski definition) is 5. The lowest BCUT2D eigenvalue weighted by Crippen LogP contribution is -2.34. The summed E-state index contributed by atoms with van der Waals surface area (Å²) < 4.78 is 0. The van der Waals surface area contributed by atoms with Crippen molar-refractivity contribution in [2.24, 2.45) is 5.92 Å². The summed E-state index contributed by atoms with van der Waals surface area (Å²) in [5, 5.41) is 12.0. The Hall–Kier alpha value is -1.23. The Kier molecular flexibility index (Phi) is 6.85. The summed E-state index contributed by atoms with van der Waals surface area (Å²) in [6.07, 6.45) is 2.88. The van der Waals surface area contributed by atoms with E-state index < -0.39 is 0 Å². The second-order valence-electron chi connectivity index (χ2n) is 5.97. The lowest BCUT2D eigenvalue weighted by atomic mass is 10.0. The van der Waals surface area contributed by atoms with Crippen molar-refractivity contribution in [1.29, 1.82) is 0 Å². The summed E-state index contributed by atoms with van der Waals surface area (Å²) >= 11 is 0. The number of aryl methyl sites for hydroxylation is 2. The molecule has 0 radical (unpaired) electrons. The molecule has 0 bridgehead atoms. The van der Waals surface area contributed by atoms with Crippen LogP contribution in [0.5, 0.6) is 0 Å². The SMILES string of the molecule is CCc1nnc(NC(CC(C)C)CN(C)C)nc1CC. The fraction of sp³-hybridized carbons (Fsp3) is 0.800. The maximum Gasteiger partial charge on any atom is 0.243 e. The van der Waals surface area contributed by atoms with E-state index >= 15 is 0 Å². The average molecular weight is 279 g/mol. The highest BCUT2D eigenvalue weighted by atomic mass is 15.3. The van der Waals surface area contributed by atoms with Crippen LogP contribution in [0, 0.1) is 5.92 Å². The lowest BCUT2D eigenvalue weighted by molar-refractivity contribution is 0.355. The van der Waals surface area contributed by atoms with Crippen molar-refractivity contribution < 1.29 is 0 Å². The Morgan fingerprint density at radius 1 is 1.05 bits per heavy atom. The second-order valence-corrected chi connectivity index (χ2v) is 5.97. The van der Waals surface area contributed by atoms with Crippen LogP contribution >= 0.6 is 0 Å². The number of aromatic nitrogens is 3. The highest BCUT2D eigenvalue weighted by molar-refractivity contribution is 5.27. The summed E-state index contributed by atoms with van der Waals surface area (Å²) in [4.78, 5) is 6.80. The summed E-state index contributed by atoms with van der Waals surface area (Å²) in [5.74, 6) is 1.30. The minimum absolute atomic E-state index is 0.351. The molecule has 1 aromatic heterocycles. The van der Waals surface area contributed by atoms with Gasteiger partial charge in [0.1, 0.15) is 0 Å². The Morgan fingerprint density at radius 3 is 2.20 bits per heavy atom. The number of hydrogen-bond donors (Lipinski definition) is 1. The Balaban J connectivity index is 2.81. The van der Waals surface area contributed by atoms with Gasteiger partial charge in [-0.3, -0.25) is 0 Å². The van der Waals surface area contributed by atoms with Gasteiger partial charge in [-0.15, -0.1) is 5.10 Å². The van der Waals surface area contributed by atoms with Gasteiger partial charge in [0.25, 0.3) is 0 Å². The molecule has 0 aliphatic heterocycles. The number of rotatable bonds is 8. The van der Waals surface area contributed by atoms with Crippen LogP contribution in [0.25, 0.3) is 0 Å². The zero-order valence-corrected chi connectivity index (χ0v) is 13.8. The number of nitrogens with zero attached hydrogens (tertiary/aromatic N) is 4. The topological polar surface area (TPSA) is 53.9 Å². The first-order valence-electron chi connectivity index (χ1n) is 7.59. The lowest BCUT2D eigenvalue weighted by Gasteiger charge is -2.24. The van der Waals surface area contributed by atoms with Crippen LogP contribution in [0.1, 0.15) is 45.5 Å². The molecule has 20 heavy (non-hydrogen) atoms.